The molecule has 0 spiro atoms. The number of benzene rings is 1. The molecule has 0 radical (unpaired) electrons. The molecule has 2 saturated heterocycles. The number of halogens is 1. The molecule has 3 atom stereocenters. The van der Waals surface area contributed by atoms with Crippen LogP contribution in [0, 0.1) is 11.7 Å². The van der Waals surface area contributed by atoms with Crippen LogP contribution in [0.1, 0.15) is 20.3 Å². The van der Waals surface area contributed by atoms with Crippen LogP contribution in [0.15, 0.2) is 42.6 Å². The third kappa shape index (κ3) is 4.28. The van der Waals surface area contributed by atoms with Gasteiger partial charge in [0.15, 0.2) is 0 Å². The SMILES string of the molecule is C[C@@H]1CN(c2ccc(NC(=O)[C@H]3CC(=O)N(c4ccccc4F)C3)cn2)C[C@H](C)O1. The van der Waals surface area contributed by atoms with E-state index < -0.39 is 11.7 Å². The van der Waals surface area contributed by atoms with Crippen molar-refractivity contribution >= 4 is 29.0 Å². The Morgan fingerprint density at radius 3 is 2.53 bits per heavy atom. The van der Waals surface area contributed by atoms with Gasteiger partial charge in [0, 0.05) is 26.1 Å². The molecule has 2 amide bonds. The molecule has 2 fully saturated rings. The summed E-state index contributed by atoms with van der Waals surface area (Å²) in [5.41, 5.74) is 0.771. The van der Waals surface area contributed by atoms with Gasteiger partial charge in [-0.05, 0) is 38.1 Å². The highest BCUT2D eigenvalue weighted by Gasteiger charge is 2.36. The first-order valence-electron chi connectivity index (χ1n) is 10.1. The molecule has 1 N–H and O–H groups in total. The highest BCUT2D eigenvalue weighted by molar-refractivity contribution is 6.03. The lowest BCUT2D eigenvalue weighted by Gasteiger charge is -2.36. The number of para-hydroxylation sites is 1. The monoisotopic (exact) mass is 412 g/mol. The number of nitrogens with zero attached hydrogens (tertiary/aromatic N) is 3. The molecule has 0 saturated carbocycles. The maximum Gasteiger partial charge on any atom is 0.229 e. The van der Waals surface area contributed by atoms with Crippen LogP contribution >= 0.6 is 0 Å². The summed E-state index contributed by atoms with van der Waals surface area (Å²) >= 11 is 0. The van der Waals surface area contributed by atoms with E-state index in [1.165, 1.54) is 11.0 Å². The average molecular weight is 412 g/mol. The molecular formula is C22H25FN4O3. The fourth-order valence-corrected chi connectivity index (χ4v) is 4.04. The summed E-state index contributed by atoms with van der Waals surface area (Å²) < 4.78 is 19.8. The quantitative estimate of drug-likeness (QED) is 0.836. The lowest BCUT2D eigenvalue weighted by atomic mass is 10.1. The molecule has 2 aliphatic heterocycles. The highest BCUT2D eigenvalue weighted by Crippen LogP contribution is 2.28. The molecule has 0 aliphatic carbocycles. The number of nitrogens with one attached hydrogen (secondary N) is 1. The van der Waals surface area contributed by atoms with Gasteiger partial charge < -0.3 is 19.9 Å². The summed E-state index contributed by atoms with van der Waals surface area (Å²) in [5, 5.41) is 2.82. The number of aromatic nitrogens is 1. The summed E-state index contributed by atoms with van der Waals surface area (Å²) in [6.07, 6.45) is 1.93. The highest BCUT2D eigenvalue weighted by atomic mass is 19.1. The van der Waals surface area contributed by atoms with E-state index in [0.29, 0.717) is 5.69 Å². The molecule has 158 valence electrons. The third-order valence-corrected chi connectivity index (χ3v) is 5.40. The Labute approximate surface area is 174 Å². The maximum absolute atomic E-state index is 14.0. The molecule has 7 nitrogen and oxygen atoms in total. The molecular weight excluding hydrogens is 387 g/mol. The lowest BCUT2D eigenvalue weighted by Crippen LogP contribution is -2.45. The Bertz CT molecular complexity index is 926. The summed E-state index contributed by atoms with van der Waals surface area (Å²) in [5.74, 6) is -0.720. The average Bonchev–Trinajstić information content (AvgIpc) is 3.10. The molecule has 30 heavy (non-hydrogen) atoms. The molecule has 8 heteroatoms. The van der Waals surface area contributed by atoms with Crippen LogP contribution < -0.4 is 15.1 Å². The second kappa shape index (κ2) is 8.39. The summed E-state index contributed by atoms with van der Waals surface area (Å²) in [4.78, 5) is 32.9. The Kier molecular flexibility index (Phi) is 5.67. The third-order valence-electron chi connectivity index (χ3n) is 5.40. The largest absolute Gasteiger partial charge is 0.372 e. The minimum Gasteiger partial charge on any atom is -0.372 e. The van der Waals surface area contributed by atoms with Gasteiger partial charge in [-0.15, -0.1) is 0 Å². The van der Waals surface area contributed by atoms with Crippen molar-refractivity contribution in [2.24, 2.45) is 5.92 Å². The van der Waals surface area contributed by atoms with E-state index in [-0.39, 0.29) is 42.7 Å². The van der Waals surface area contributed by atoms with E-state index in [1.807, 2.05) is 19.9 Å². The number of rotatable bonds is 4. The molecule has 3 heterocycles. The number of morpholine rings is 1. The summed E-state index contributed by atoms with van der Waals surface area (Å²) in [6, 6.07) is 9.76. The Hall–Kier alpha value is -3.00. The van der Waals surface area contributed by atoms with Gasteiger partial charge in [0.1, 0.15) is 11.6 Å². The van der Waals surface area contributed by atoms with Crippen LogP contribution in [0.25, 0.3) is 0 Å². The number of pyridine rings is 1. The van der Waals surface area contributed by atoms with E-state index in [0.717, 1.165) is 18.9 Å². The van der Waals surface area contributed by atoms with Crippen molar-refractivity contribution in [3.8, 4) is 0 Å². The zero-order chi connectivity index (χ0) is 21.3. The first kappa shape index (κ1) is 20.3. The van der Waals surface area contributed by atoms with Crippen molar-refractivity contribution < 1.29 is 18.7 Å². The van der Waals surface area contributed by atoms with E-state index in [4.69, 9.17) is 4.74 Å². The molecule has 2 aliphatic rings. The van der Waals surface area contributed by atoms with Gasteiger partial charge in [0.05, 0.1) is 35.7 Å². The molecule has 1 aromatic heterocycles. The van der Waals surface area contributed by atoms with Gasteiger partial charge in [0.25, 0.3) is 0 Å². The number of hydrogen-bond acceptors (Lipinski definition) is 5. The number of anilines is 3. The Balaban J connectivity index is 1.38. The van der Waals surface area contributed by atoms with Crippen LogP contribution in [0.5, 0.6) is 0 Å². The molecule has 0 unspecified atom stereocenters. The summed E-state index contributed by atoms with van der Waals surface area (Å²) in [7, 11) is 0. The maximum atomic E-state index is 14.0. The van der Waals surface area contributed by atoms with Gasteiger partial charge >= 0.3 is 0 Å². The van der Waals surface area contributed by atoms with Crippen molar-refractivity contribution in [3.63, 3.8) is 0 Å². The van der Waals surface area contributed by atoms with Crippen LogP contribution in [0.2, 0.25) is 0 Å². The van der Waals surface area contributed by atoms with Crippen molar-refractivity contribution in [2.75, 3.05) is 34.8 Å². The van der Waals surface area contributed by atoms with Crippen molar-refractivity contribution in [1.82, 2.24) is 4.98 Å². The summed E-state index contributed by atoms with van der Waals surface area (Å²) in [6.45, 7) is 5.74. The number of carbonyl (C=O) groups is 2. The van der Waals surface area contributed by atoms with E-state index in [9.17, 15) is 14.0 Å². The molecule has 4 rings (SSSR count). The Morgan fingerprint density at radius 1 is 1.13 bits per heavy atom. The van der Waals surface area contributed by atoms with Crippen molar-refractivity contribution in [1.29, 1.82) is 0 Å². The normalized spacial score (nSPS) is 24.2. The zero-order valence-corrected chi connectivity index (χ0v) is 17.0. The van der Waals surface area contributed by atoms with E-state index in [2.05, 4.69) is 15.2 Å². The van der Waals surface area contributed by atoms with Crippen LogP contribution in [0.4, 0.5) is 21.6 Å². The van der Waals surface area contributed by atoms with Crippen LogP contribution in [-0.4, -0.2) is 48.6 Å². The Morgan fingerprint density at radius 2 is 1.87 bits per heavy atom. The fourth-order valence-electron chi connectivity index (χ4n) is 4.04. The van der Waals surface area contributed by atoms with Crippen molar-refractivity contribution in [2.45, 2.75) is 32.5 Å². The fraction of sp³-hybridized carbons (Fsp3) is 0.409. The lowest BCUT2D eigenvalue weighted by molar-refractivity contribution is -0.122. The predicted octanol–water partition coefficient (Wildman–Crippen LogP) is 2.83. The minimum atomic E-state index is -0.544. The second-order valence-corrected chi connectivity index (χ2v) is 7.91. The van der Waals surface area contributed by atoms with E-state index in [1.54, 1.807) is 30.5 Å². The number of hydrogen-bond donors (Lipinski definition) is 1. The van der Waals surface area contributed by atoms with Gasteiger partial charge in [-0.3, -0.25) is 9.59 Å². The minimum absolute atomic E-state index is 0.0508. The van der Waals surface area contributed by atoms with E-state index >= 15 is 0 Å². The number of amides is 2. The number of carbonyl (C=O) groups excluding carboxylic acids is 2. The standard InChI is InChI=1S/C22H25FN4O3/c1-14-11-26(12-15(2)30-14)20-8-7-17(10-24-20)25-22(29)16-9-21(28)27(13-16)19-6-4-3-5-18(19)23/h3-8,10,14-16H,9,11-13H2,1-2H3,(H,25,29)/t14-,15+,16-/m0/s1. The second-order valence-electron chi connectivity index (χ2n) is 7.91. The first-order valence-corrected chi connectivity index (χ1v) is 10.1. The zero-order valence-electron chi connectivity index (χ0n) is 17.0. The topological polar surface area (TPSA) is 74.8 Å². The van der Waals surface area contributed by atoms with Gasteiger partial charge in [-0.2, -0.15) is 0 Å². The van der Waals surface area contributed by atoms with Gasteiger partial charge in [0.2, 0.25) is 11.8 Å². The smallest absolute Gasteiger partial charge is 0.229 e. The van der Waals surface area contributed by atoms with Gasteiger partial charge in [-0.25, -0.2) is 9.37 Å². The van der Waals surface area contributed by atoms with Crippen LogP contribution in [-0.2, 0) is 14.3 Å². The first-order chi connectivity index (χ1) is 14.4. The van der Waals surface area contributed by atoms with Crippen molar-refractivity contribution in [3.05, 3.63) is 48.4 Å². The van der Waals surface area contributed by atoms with Crippen LogP contribution in [0.3, 0.4) is 0 Å². The molecule has 1 aromatic carbocycles. The van der Waals surface area contributed by atoms with Gasteiger partial charge in [-0.1, -0.05) is 12.1 Å². The molecule has 0 bridgehead atoms. The predicted molar refractivity (Wildman–Crippen MR) is 112 cm³/mol. The molecule has 2 aromatic rings. The number of ether oxygens (including phenoxy) is 1.